The zero-order chi connectivity index (χ0) is 13.0. The molecular formula is C9H13NO4S3. The van der Waals surface area contributed by atoms with Crippen molar-refractivity contribution in [1.29, 1.82) is 0 Å². The van der Waals surface area contributed by atoms with Crippen LogP contribution in [0, 0.1) is 0 Å². The lowest BCUT2D eigenvalue weighted by molar-refractivity contribution is 0.549. The average molecular weight is 295 g/mol. The SMILES string of the molecule is CC1C[C@H](C)S(=O)(=O)c2sc(S(N)(=O)=O)cc21. The van der Waals surface area contributed by atoms with Gasteiger partial charge in [0.15, 0.2) is 9.84 Å². The molecule has 2 heterocycles. The quantitative estimate of drug-likeness (QED) is 0.838. The van der Waals surface area contributed by atoms with E-state index in [-0.39, 0.29) is 14.3 Å². The highest BCUT2D eigenvalue weighted by Gasteiger charge is 2.37. The number of fused-ring (bicyclic) bond motifs is 1. The van der Waals surface area contributed by atoms with Crippen LogP contribution in [0.15, 0.2) is 14.5 Å². The van der Waals surface area contributed by atoms with Gasteiger partial charge in [-0.1, -0.05) is 6.92 Å². The van der Waals surface area contributed by atoms with E-state index >= 15 is 0 Å². The summed E-state index contributed by atoms with van der Waals surface area (Å²) < 4.78 is 46.7. The van der Waals surface area contributed by atoms with Crippen LogP contribution < -0.4 is 5.14 Å². The lowest BCUT2D eigenvalue weighted by atomic mass is 9.99. The first-order chi connectivity index (χ1) is 7.64. The van der Waals surface area contributed by atoms with Crippen LogP contribution in [0.1, 0.15) is 31.7 Å². The normalized spacial score (nSPS) is 27.7. The molecule has 8 heteroatoms. The molecule has 0 amide bonds. The smallest absolute Gasteiger partial charge is 0.224 e. The van der Waals surface area contributed by atoms with Crippen molar-refractivity contribution in [3.05, 3.63) is 11.6 Å². The van der Waals surface area contributed by atoms with E-state index in [9.17, 15) is 16.8 Å². The van der Waals surface area contributed by atoms with Gasteiger partial charge in [-0.3, -0.25) is 0 Å². The van der Waals surface area contributed by atoms with Gasteiger partial charge < -0.3 is 0 Å². The summed E-state index contributed by atoms with van der Waals surface area (Å²) >= 11 is 0.756. The van der Waals surface area contributed by atoms with E-state index in [1.807, 2.05) is 6.92 Å². The number of primary sulfonamides is 1. The van der Waals surface area contributed by atoms with Gasteiger partial charge in [-0.25, -0.2) is 22.0 Å². The molecule has 0 spiro atoms. The molecule has 0 saturated heterocycles. The fourth-order valence-electron chi connectivity index (χ4n) is 2.01. The Morgan fingerprint density at radius 3 is 2.53 bits per heavy atom. The van der Waals surface area contributed by atoms with Crippen molar-refractivity contribution in [2.24, 2.45) is 5.14 Å². The molecular weight excluding hydrogens is 282 g/mol. The molecule has 0 aromatic carbocycles. The topological polar surface area (TPSA) is 94.3 Å². The predicted octanol–water partition coefficient (Wildman–Crippen LogP) is 1.06. The molecule has 5 nitrogen and oxygen atoms in total. The maximum absolute atomic E-state index is 12.1. The van der Waals surface area contributed by atoms with Crippen LogP contribution >= 0.6 is 11.3 Å². The van der Waals surface area contributed by atoms with Crippen molar-refractivity contribution in [1.82, 2.24) is 0 Å². The second kappa shape index (κ2) is 3.78. The van der Waals surface area contributed by atoms with Crippen LogP contribution in [-0.2, 0) is 19.9 Å². The Balaban J connectivity index is 2.73. The molecule has 2 N–H and O–H groups in total. The standard InChI is InChI=1S/C9H13NO4S3/c1-5-3-6(2)16(11,12)9-7(5)4-8(15-9)17(10,13)14/h4-6H,3H2,1-2H3,(H2,10,13,14)/t5?,6-/m0/s1. The minimum atomic E-state index is -3.83. The van der Waals surface area contributed by atoms with Gasteiger partial charge in [0.25, 0.3) is 0 Å². The third-order valence-electron chi connectivity index (χ3n) is 2.99. The number of rotatable bonds is 1. The third-order valence-corrected chi connectivity index (χ3v) is 8.30. The molecule has 17 heavy (non-hydrogen) atoms. The van der Waals surface area contributed by atoms with Crippen molar-refractivity contribution in [3.63, 3.8) is 0 Å². The highest BCUT2D eigenvalue weighted by molar-refractivity contribution is 7.95. The minimum absolute atomic E-state index is 0.0373. The molecule has 0 radical (unpaired) electrons. The van der Waals surface area contributed by atoms with E-state index in [2.05, 4.69) is 0 Å². The van der Waals surface area contributed by atoms with Gasteiger partial charge in [-0.15, -0.1) is 11.3 Å². The minimum Gasteiger partial charge on any atom is -0.224 e. The number of nitrogens with two attached hydrogens (primary N) is 1. The molecule has 0 aliphatic carbocycles. The first-order valence-electron chi connectivity index (χ1n) is 5.04. The Hall–Kier alpha value is -0.440. The first-order valence-corrected chi connectivity index (χ1v) is 8.95. The molecule has 1 unspecified atom stereocenters. The van der Waals surface area contributed by atoms with Gasteiger partial charge in [0.2, 0.25) is 10.0 Å². The fraction of sp³-hybridized carbons (Fsp3) is 0.556. The van der Waals surface area contributed by atoms with Crippen molar-refractivity contribution < 1.29 is 16.8 Å². The Morgan fingerprint density at radius 2 is 2.00 bits per heavy atom. The molecule has 1 aliphatic heterocycles. The number of sulfonamides is 1. The first kappa shape index (κ1) is 13.0. The van der Waals surface area contributed by atoms with Gasteiger partial charge in [-0.2, -0.15) is 0 Å². The second-order valence-electron chi connectivity index (χ2n) is 4.35. The number of sulfone groups is 1. The molecule has 2 atom stereocenters. The van der Waals surface area contributed by atoms with Crippen molar-refractivity contribution >= 4 is 31.2 Å². The lowest BCUT2D eigenvalue weighted by Crippen LogP contribution is -2.25. The Kier molecular flexibility index (Phi) is 2.89. The Labute approximate surface area is 105 Å². The van der Waals surface area contributed by atoms with Gasteiger partial charge in [0.1, 0.15) is 8.42 Å². The lowest BCUT2D eigenvalue weighted by Gasteiger charge is -2.23. The van der Waals surface area contributed by atoms with Crippen molar-refractivity contribution in [3.8, 4) is 0 Å². The summed E-state index contributed by atoms with van der Waals surface area (Å²) in [6.07, 6.45) is 0.510. The maximum atomic E-state index is 12.1. The van der Waals surface area contributed by atoms with Crippen LogP contribution in [-0.4, -0.2) is 22.1 Å². The second-order valence-corrected chi connectivity index (χ2v) is 9.75. The fourth-order valence-corrected chi connectivity index (χ4v) is 6.64. The summed E-state index contributed by atoms with van der Waals surface area (Å²) in [4.78, 5) is 0. The van der Waals surface area contributed by atoms with Gasteiger partial charge in [0.05, 0.1) is 5.25 Å². The van der Waals surface area contributed by atoms with Crippen LogP contribution in [0.5, 0.6) is 0 Å². The molecule has 1 aromatic heterocycles. The summed E-state index contributed by atoms with van der Waals surface area (Å²) in [5.41, 5.74) is 0.581. The molecule has 1 aliphatic rings. The summed E-state index contributed by atoms with van der Waals surface area (Å²) in [6.45, 7) is 3.54. The summed E-state index contributed by atoms with van der Waals surface area (Å²) in [5.74, 6) is 0.0373. The van der Waals surface area contributed by atoms with Gasteiger partial charge >= 0.3 is 0 Å². The van der Waals surface area contributed by atoms with E-state index in [1.165, 1.54) is 6.07 Å². The predicted molar refractivity (Wildman–Crippen MR) is 65.4 cm³/mol. The summed E-state index contributed by atoms with van der Waals surface area (Å²) in [6, 6.07) is 1.39. The van der Waals surface area contributed by atoms with E-state index in [0.29, 0.717) is 12.0 Å². The molecule has 96 valence electrons. The summed E-state index contributed by atoms with van der Waals surface area (Å²) in [5, 5.41) is 4.55. The zero-order valence-electron chi connectivity index (χ0n) is 9.37. The van der Waals surface area contributed by atoms with Crippen LogP contribution in [0.3, 0.4) is 0 Å². The number of thiophene rings is 1. The summed E-state index contributed by atoms with van der Waals surface area (Å²) in [7, 11) is -7.23. The largest absolute Gasteiger partial charge is 0.247 e. The van der Waals surface area contributed by atoms with E-state index in [1.54, 1.807) is 6.92 Å². The average Bonchev–Trinajstić information content (AvgIpc) is 2.59. The molecule has 0 bridgehead atoms. The Bertz CT molecular complexity index is 656. The molecule has 1 aromatic rings. The number of hydrogen-bond donors (Lipinski definition) is 1. The van der Waals surface area contributed by atoms with E-state index in [4.69, 9.17) is 5.14 Å². The van der Waals surface area contributed by atoms with Crippen LogP contribution in [0.4, 0.5) is 0 Å². The number of hydrogen-bond acceptors (Lipinski definition) is 5. The van der Waals surface area contributed by atoms with Crippen molar-refractivity contribution in [2.45, 2.75) is 39.9 Å². The zero-order valence-corrected chi connectivity index (χ0v) is 11.8. The highest BCUT2D eigenvalue weighted by atomic mass is 32.3. The third kappa shape index (κ3) is 2.03. The maximum Gasteiger partial charge on any atom is 0.247 e. The van der Waals surface area contributed by atoms with Gasteiger partial charge in [-0.05, 0) is 30.9 Å². The molecule has 0 saturated carbocycles. The monoisotopic (exact) mass is 295 g/mol. The van der Waals surface area contributed by atoms with Crippen LogP contribution in [0.25, 0.3) is 0 Å². The van der Waals surface area contributed by atoms with E-state index in [0.717, 1.165) is 11.3 Å². The van der Waals surface area contributed by atoms with Gasteiger partial charge in [0, 0.05) is 0 Å². The van der Waals surface area contributed by atoms with E-state index < -0.39 is 25.1 Å². The highest BCUT2D eigenvalue weighted by Crippen LogP contribution is 2.43. The van der Waals surface area contributed by atoms with Crippen molar-refractivity contribution in [2.75, 3.05) is 0 Å². The molecule has 0 fully saturated rings. The van der Waals surface area contributed by atoms with Crippen LogP contribution in [0.2, 0.25) is 0 Å². The molecule has 2 rings (SSSR count). The Morgan fingerprint density at radius 1 is 1.41 bits per heavy atom.